The number of amides is 1. The molecule has 0 saturated carbocycles. The van der Waals surface area contributed by atoms with E-state index in [2.05, 4.69) is 24.9 Å². The fourth-order valence-electron chi connectivity index (χ4n) is 3.54. The lowest BCUT2D eigenvalue weighted by atomic mass is 10.1. The van der Waals surface area contributed by atoms with Gasteiger partial charge in [0.15, 0.2) is 5.75 Å². The van der Waals surface area contributed by atoms with E-state index < -0.39 is 12.1 Å². The van der Waals surface area contributed by atoms with Crippen molar-refractivity contribution in [2.75, 3.05) is 38.5 Å². The Hall–Kier alpha value is -3.40. The van der Waals surface area contributed by atoms with E-state index in [1.807, 2.05) is 32.2 Å². The smallest absolute Gasteiger partial charge is 0.404 e. The second-order valence-corrected chi connectivity index (χ2v) is 7.69. The largest absolute Gasteiger partial charge is 0.573 e. The SMILES string of the molecule is Cc1cccc2cnc(Nc3ccc(C(=O)N4CCN(C)CC4)cc3OC(F)(F)F)nc12. The summed E-state index contributed by atoms with van der Waals surface area (Å²) in [5.74, 6) is -0.739. The predicted molar refractivity (Wildman–Crippen MR) is 114 cm³/mol. The molecule has 168 valence electrons. The molecule has 7 nitrogen and oxygen atoms in total. The molecule has 2 aromatic carbocycles. The zero-order chi connectivity index (χ0) is 22.9. The van der Waals surface area contributed by atoms with Crippen LogP contribution in [0.25, 0.3) is 10.9 Å². The lowest BCUT2D eigenvalue weighted by Gasteiger charge is -2.32. The number of halogens is 3. The molecule has 2 heterocycles. The maximum atomic E-state index is 13.1. The number of para-hydroxylation sites is 1. The van der Waals surface area contributed by atoms with Gasteiger partial charge in [-0.2, -0.15) is 0 Å². The van der Waals surface area contributed by atoms with Gasteiger partial charge in [0.1, 0.15) is 0 Å². The number of rotatable bonds is 4. The molecule has 0 aliphatic carbocycles. The highest BCUT2D eigenvalue weighted by Crippen LogP contribution is 2.33. The van der Waals surface area contributed by atoms with Crippen LogP contribution in [-0.4, -0.2) is 65.3 Å². The summed E-state index contributed by atoms with van der Waals surface area (Å²) in [4.78, 5) is 25.1. The van der Waals surface area contributed by atoms with Gasteiger partial charge >= 0.3 is 6.36 Å². The number of piperazine rings is 1. The molecular formula is C22H22F3N5O2. The Morgan fingerprint density at radius 3 is 2.59 bits per heavy atom. The van der Waals surface area contributed by atoms with Crippen LogP contribution < -0.4 is 10.1 Å². The third-order valence-corrected chi connectivity index (χ3v) is 5.30. The molecule has 1 fully saturated rings. The van der Waals surface area contributed by atoms with E-state index in [-0.39, 0.29) is 23.1 Å². The lowest BCUT2D eigenvalue weighted by molar-refractivity contribution is -0.274. The number of carbonyl (C=O) groups is 1. The molecule has 0 bridgehead atoms. The number of nitrogens with zero attached hydrogens (tertiary/aromatic N) is 4. The first-order valence-electron chi connectivity index (χ1n) is 10.1. The molecule has 1 amide bonds. The second kappa shape index (κ2) is 8.62. The summed E-state index contributed by atoms with van der Waals surface area (Å²) in [6, 6.07) is 9.55. The number of hydrogen-bond donors (Lipinski definition) is 1. The number of fused-ring (bicyclic) bond motifs is 1. The third kappa shape index (κ3) is 4.91. The van der Waals surface area contributed by atoms with Crippen LogP contribution in [0.2, 0.25) is 0 Å². The van der Waals surface area contributed by atoms with Gasteiger partial charge in [0.2, 0.25) is 5.95 Å². The van der Waals surface area contributed by atoms with E-state index in [1.54, 1.807) is 11.1 Å². The minimum absolute atomic E-state index is 0.00480. The molecule has 1 aliphatic heterocycles. The van der Waals surface area contributed by atoms with Gasteiger partial charge in [0.05, 0.1) is 11.2 Å². The quantitative estimate of drug-likeness (QED) is 0.656. The minimum atomic E-state index is -4.92. The molecule has 0 atom stereocenters. The molecule has 1 aliphatic rings. The van der Waals surface area contributed by atoms with Crippen molar-refractivity contribution >= 4 is 28.4 Å². The van der Waals surface area contributed by atoms with Crippen molar-refractivity contribution in [2.24, 2.45) is 0 Å². The van der Waals surface area contributed by atoms with Crippen LogP contribution in [0.3, 0.4) is 0 Å². The maximum Gasteiger partial charge on any atom is 0.573 e. The molecule has 4 rings (SSSR count). The third-order valence-electron chi connectivity index (χ3n) is 5.30. The van der Waals surface area contributed by atoms with Crippen LogP contribution in [0, 0.1) is 6.92 Å². The highest BCUT2D eigenvalue weighted by molar-refractivity contribution is 5.95. The number of nitrogens with one attached hydrogen (secondary N) is 1. The van der Waals surface area contributed by atoms with Crippen LogP contribution in [0.4, 0.5) is 24.8 Å². The minimum Gasteiger partial charge on any atom is -0.404 e. The number of hydrogen-bond acceptors (Lipinski definition) is 6. The number of aryl methyl sites for hydroxylation is 1. The fraction of sp³-hybridized carbons (Fsp3) is 0.318. The van der Waals surface area contributed by atoms with Crippen molar-refractivity contribution in [3.63, 3.8) is 0 Å². The zero-order valence-electron chi connectivity index (χ0n) is 17.6. The average molecular weight is 445 g/mol. The Morgan fingerprint density at radius 2 is 1.88 bits per heavy atom. The number of benzene rings is 2. The number of alkyl halides is 3. The fourth-order valence-corrected chi connectivity index (χ4v) is 3.54. The predicted octanol–water partition coefficient (Wildman–Crippen LogP) is 3.97. The van der Waals surface area contributed by atoms with Gasteiger partial charge in [-0.25, -0.2) is 9.97 Å². The molecule has 1 aromatic heterocycles. The first kappa shape index (κ1) is 21.8. The van der Waals surface area contributed by atoms with Gasteiger partial charge < -0.3 is 19.9 Å². The number of aromatic nitrogens is 2. The maximum absolute atomic E-state index is 13.1. The monoisotopic (exact) mass is 445 g/mol. The second-order valence-electron chi connectivity index (χ2n) is 7.69. The first-order chi connectivity index (χ1) is 15.2. The summed E-state index contributed by atoms with van der Waals surface area (Å²) in [6.07, 6.45) is -3.33. The highest BCUT2D eigenvalue weighted by Gasteiger charge is 2.33. The Kier molecular flexibility index (Phi) is 5.88. The average Bonchev–Trinajstić information content (AvgIpc) is 2.74. The molecule has 0 spiro atoms. The Bertz CT molecular complexity index is 1140. The summed E-state index contributed by atoms with van der Waals surface area (Å²) in [5, 5.41) is 3.60. The van der Waals surface area contributed by atoms with E-state index in [1.165, 1.54) is 12.1 Å². The van der Waals surface area contributed by atoms with Crippen molar-refractivity contribution < 1.29 is 22.7 Å². The van der Waals surface area contributed by atoms with E-state index in [9.17, 15) is 18.0 Å². The molecule has 3 aromatic rings. The van der Waals surface area contributed by atoms with Crippen LogP contribution in [-0.2, 0) is 0 Å². The summed E-state index contributed by atoms with van der Waals surface area (Å²) in [7, 11) is 1.95. The molecular weight excluding hydrogens is 423 g/mol. The van der Waals surface area contributed by atoms with Gasteiger partial charge in [-0.1, -0.05) is 18.2 Å². The molecule has 10 heteroatoms. The van der Waals surface area contributed by atoms with Crippen LogP contribution in [0.5, 0.6) is 5.75 Å². The van der Waals surface area contributed by atoms with E-state index in [0.717, 1.165) is 17.0 Å². The summed E-state index contributed by atoms with van der Waals surface area (Å²) in [6.45, 7) is 4.31. The van der Waals surface area contributed by atoms with Crippen LogP contribution >= 0.6 is 0 Å². The Balaban J connectivity index is 1.64. The zero-order valence-corrected chi connectivity index (χ0v) is 17.6. The topological polar surface area (TPSA) is 70.6 Å². The molecule has 0 unspecified atom stereocenters. The number of ether oxygens (including phenoxy) is 1. The van der Waals surface area contributed by atoms with Gasteiger partial charge in [0.25, 0.3) is 5.91 Å². The summed E-state index contributed by atoms with van der Waals surface area (Å²) < 4.78 is 43.4. The summed E-state index contributed by atoms with van der Waals surface area (Å²) in [5.41, 5.74) is 1.72. The first-order valence-corrected chi connectivity index (χ1v) is 10.1. The molecule has 1 saturated heterocycles. The van der Waals surface area contributed by atoms with Gasteiger partial charge in [-0.3, -0.25) is 4.79 Å². The number of anilines is 2. The molecule has 1 N–H and O–H groups in total. The Labute approximate surface area is 182 Å². The number of likely N-dealkylation sites (N-methyl/N-ethyl adjacent to an activating group) is 1. The summed E-state index contributed by atoms with van der Waals surface area (Å²) >= 11 is 0. The Morgan fingerprint density at radius 1 is 1.12 bits per heavy atom. The van der Waals surface area contributed by atoms with Crippen molar-refractivity contribution in [1.29, 1.82) is 0 Å². The van der Waals surface area contributed by atoms with Gasteiger partial charge in [-0.05, 0) is 37.7 Å². The standard InChI is InChI=1S/C22H22F3N5O2/c1-14-4-3-5-16-13-26-21(28-19(14)16)27-17-7-6-15(12-18(17)32-22(23,24)25)20(31)30-10-8-29(2)9-11-30/h3-7,12-13H,8-11H2,1-2H3,(H,26,27,28). The van der Waals surface area contributed by atoms with Crippen LogP contribution in [0.1, 0.15) is 15.9 Å². The van der Waals surface area contributed by atoms with Crippen molar-refractivity contribution in [1.82, 2.24) is 19.8 Å². The lowest BCUT2D eigenvalue weighted by Crippen LogP contribution is -2.47. The highest BCUT2D eigenvalue weighted by atomic mass is 19.4. The van der Waals surface area contributed by atoms with E-state index >= 15 is 0 Å². The van der Waals surface area contributed by atoms with Gasteiger partial charge in [0, 0.05) is 43.3 Å². The van der Waals surface area contributed by atoms with E-state index in [0.29, 0.717) is 31.7 Å². The van der Waals surface area contributed by atoms with Crippen molar-refractivity contribution in [3.8, 4) is 5.75 Å². The molecule has 0 radical (unpaired) electrons. The normalized spacial score (nSPS) is 15.1. The van der Waals surface area contributed by atoms with Crippen molar-refractivity contribution in [3.05, 3.63) is 53.7 Å². The molecule has 32 heavy (non-hydrogen) atoms. The van der Waals surface area contributed by atoms with Crippen molar-refractivity contribution in [2.45, 2.75) is 13.3 Å². The van der Waals surface area contributed by atoms with Gasteiger partial charge in [-0.15, -0.1) is 13.2 Å². The van der Waals surface area contributed by atoms with E-state index in [4.69, 9.17) is 0 Å². The van der Waals surface area contributed by atoms with Crippen LogP contribution in [0.15, 0.2) is 42.6 Å². The number of carbonyl (C=O) groups excluding carboxylic acids is 1.